The fourth-order valence-electron chi connectivity index (χ4n) is 2.30. The lowest BCUT2D eigenvalue weighted by Crippen LogP contribution is -2.47. The topological polar surface area (TPSA) is 49.4 Å². The van der Waals surface area contributed by atoms with Crippen LogP contribution in [0.3, 0.4) is 0 Å². The van der Waals surface area contributed by atoms with Gasteiger partial charge in [0.2, 0.25) is 11.8 Å². The zero-order valence-corrected chi connectivity index (χ0v) is 14.3. The van der Waals surface area contributed by atoms with E-state index in [1.807, 2.05) is 65.0 Å². The van der Waals surface area contributed by atoms with Crippen LogP contribution in [-0.4, -0.2) is 35.3 Å². The third-order valence-corrected chi connectivity index (χ3v) is 3.43. The third kappa shape index (κ3) is 6.29. The van der Waals surface area contributed by atoms with Crippen LogP contribution >= 0.6 is 0 Å². The molecule has 0 spiro atoms. The average molecular weight is 304 g/mol. The Bertz CT molecular complexity index is 492. The number of amides is 2. The van der Waals surface area contributed by atoms with Crippen molar-refractivity contribution < 1.29 is 9.59 Å². The fraction of sp³-hybridized carbons (Fsp3) is 0.556. The molecule has 1 atom stereocenters. The third-order valence-electron chi connectivity index (χ3n) is 3.43. The Hall–Kier alpha value is -1.84. The van der Waals surface area contributed by atoms with Gasteiger partial charge in [-0.2, -0.15) is 0 Å². The minimum atomic E-state index is -0.281. The van der Waals surface area contributed by atoms with Crippen LogP contribution in [0.4, 0.5) is 0 Å². The number of carbonyl (C=O) groups is 2. The molecule has 0 radical (unpaired) electrons. The van der Waals surface area contributed by atoms with E-state index >= 15 is 0 Å². The van der Waals surface area contributed by atoms with Gasteiger partial charge in [-0.3, -0.25) is 9.59 Å². The minimum absolute atomic E-state index is 0.0166. The molecular weight excluding hydrogens is 276 g/mol. The van der Waals surface area contributed by atoms with Crippen molar-refractivity contribution in [3.8, 4) is 0 Å². The van der Waals surface area contributed by atoms with E-state index in [0.29, 0.717) is 13.0 Å². The van der Waals surface area contributed by atoms with Crippen molar-refractivity contribution in [2.24, 2.45) is 0 Å². The smallest absolute Gasteiger partial charge is 0.240 e. The van der Waals surface area contributed by atoms with Gasteiger partial charge in [0.15, 0.2) is 0 Å². The van der Waals surface area contributed by atoms with Crippen molar-refractivity contribution in [2.45, 2.75) is 52.5 Å². The fourth-order valence-corrected chi connectivity index (χ4v) is 2.30. The Labute approximate surface area is 133 Å². The summed E-state index contributed by atoms with van der Waals surface area (Å²) in [7, 11) is 0. The first-order valence-corrected chi connectivity index (χ1v) is 7.86. The zero-order valence-electron chi connectivity index (χ0n) is 14.3. The Kier molecular flexibility index (Phi) is 6.60. The molecule has 0 saturated carbocycles. The zero-order chi connectivity index (χ0) is 16.8. The van der Waals surface area contributed by atoms with Crippen molar-refractivity contribution >= 4 is 11.8 Å². The number of rotatable bonds is 6. The van der Waals surface area contributed by atoms with Crippen molar-refractivity contribution in [1.82, 2.24) is 10.2 Å². The summed E-state index contributed by atoms with van der Waals surface area (Å²) < 4.78 is 0. The van der Waals surface area contributed by atoms with E-state index in [1.165, 1.54) is 0 Å². The molecule has 0 saturated heterocycles. The number of nitrogens with zero attached hydrogens (tertiary/aromatic N) is 1. The van der Waals surface area contributed by atoms with Crippen LogP contribution in [0.2, 0.25) is 0 Å². The SMILES string of the molecule is CCN(CC(=O)NC(C)(C)C)C(=O)CC(C)c1ccccc1. The number of nitrogens with one attached hydrogen (secondary N) is 1. The standard InChI is InChI=1S/C18H28N2O2/c1-6-20(13-16(21)19-18(3,4)5)17(22)12-14(2)15-10-8-7-9-11-15/h7-11,14H,6,12-13H2,1-5H3,(H,19,21). The van der Waals surface area contributed by atoms with Crippen LogP contribution < -0.4 is 5.32 Å². The summed E-state index contributed by atoms with van der Waals surface area (Å²) in [5, 5.41) is 2.89. The predicted molar refractivity (Wildman–Crippen MR) is 89.6 cm³/mol. The van der Waals surface area contributed by atoms with Gasteiger partial charge < -0.3 is 10.2 Å². The summed E-state index contributed by atoms with van der Waals surface area (Å²) >= 11 is 0. The summed E-state index contributed by atoms with van der Waals surface area (Å²) in [6, 6.07) is 9.98. The van der Waals surface area contributed by atoms with Crippen molar-refractivity contribution in [3.05, 3.63) is 35.9 Å². The van der Waals surface area contributed by atoms with E-state index in [0.717, 1.165) is 5.56 Å². The molecule has 1 rings (SSSR count). The minimum Gasteiger partial charge on any atom is -0.350 e. The second kappa shape index (κ2) is 7.97. The highest BCUT2D eigenvalue weighted by molar-refractivity contribution is 5.85. The summed E-state index contributed by atoms with van der Waals surface area (Å²) in [6.07, 6.45) is 0.417. The van der Waals surface area contributed by atoms with Crippen LogP contribution in [-0.2, 0) is 9.59 Å². The van der Waals surface area contributed by atoms with E-state index in [2.05, 4.69) is 5.32 Å². The van der Waals surface area contributed by atoms with Crippen LogP contribution in [0, 0.1) is 0 Å². The maximum atomic E-state index is 12.4. The molecule has 0 aliphatic rings. The van der Waals surface area contributed by atoms with Gasteiger partial charge in [0.25, 0.3) is 0 Å². The van der Waals surface area contributed by atoms with Crippen LogP contribution in [0.1, 0.15) is 52.5 Å². The number of carbonyl (C=O) groups excluding carboxylic acids is 2. The normalized spacial score (nSPS) is 12.6. The highest BCUT2D eigenvalue weighted by Crippen LogP contribution is 2.19. The second-order valence-electron chi connectivity index (χ2n) is 6.72. The first kappa shape index (κ1) is 18.2. The van der Waals surface area contributed by atoms with Crippen molar-refractivity contribution in [3.63, 3.8) is 0 Å². The molecule has 0 heterocycles. The van der Waals surface area contributed by atoms with E-state index in [-0.39, 0.29) is 29.8 Å². The van der Waals surface area contributed by atoms with Gasteiger partial charge in [-0.25, -0.2) is 0 Å². The Morgan fingerprint density at radius 1 is 1.18 bits per heavy atom. The van der Waals surface area contributed by atoms with Crippen LogP contribution in [0.5, 0.6) is 0 Å². The second-order valence-corrected chi connectivity index (χ2v) is 6.72. The van der Waals surface area contributed by atoms with E-state index in [1.54, 1.807) is 4.90 Å². The van der Waals surface area contributed by atoms with Gasteiger partial charge >= 0.3 is 0 Å². The first-order valence-electron chi connectivity index (χ1n) is 7.86. The van der Waals surface area contributed by atoms with Crippen LogP contribution in [0.15, 0.2) is 30.3 Å². The number of likely N-dealkylation sites (N-methyl/N-ethyl adjacent to an activating group) is 1. The number of hydrogen-bond acceptors (Lipinski definition) is 2. The lowest BCUT2D eigenvalue weighted by molar-refractivity contribution is -0.136. The molecule has 22 heavy (non-hydrogen) atoms. The Balaban J connectivity index is 2.59. The first-order chi connectivity index (χ1) is 10.2. The van der Waals surface area contributed by atoms with Gasteiger partial charge in [-0.05, 0) is 39.2 Å². The largest absolute Gasteiger partial charge is 0.350 e. The maximum absolute atomic E-state index is 12.4. The molecule has 0 bridgehead atoms. The van der Waals surface area contributed by atoms with Gasteiger partial charge in [0.1, 0.15) is 0 Å². The van der Waals surface area contributed by atoms with Crippen molar-refractivity contribution in [2.75, 3.05) is 13.1 Å². The molecule has 1 aromatic rings. The molecule has 2 amide bonds. The number of hydrogen-bond donors (Lipinski definition) is 1. The summed E-state index contributed by atoms with van der Waals surface area (Å²) in [5.41, 5.74) is 0.864. The Morgan fingerprint density at radius 3 is 2.27 bits per heavy atom. The lowest BCUT2D eigenvalue weighted by Gasteiger charge is -2.26. The Morgan fingerprint density at radius 2 is 1.77 bits per heavy atom. The summed E-state index contributed by atoms with van der Waals surface area (Å²) in [6.45, 7) is 10.4. The van der Waals surface area contributed by atoms with Crippen LogP contribution in [0.25, 0.3) is 0 Å². The summed E-state index contributed by atoms with van der Waals surface area (Å²) in [5.74, 6) is 0.0476. The molecule has 1 aromatic carbocycles. The molecule has 0 aromatic heterocycles. The molecule has 0 fully saturated rings. The van der Waals surface area contributed by atoms with E-state index < -0.39 is 0 Å². The highest BCUT2D eigenvalue weighted by atomic mass is 16.2. The molecule has 122 valence electrons. The van der Waals surface area contributed by atoms with E-state index in [9.17, 15) is 9.59 Å². The van der Waals surface area contributed by atoms with Gasteiger partial charge in [0.05, 0.1) is 6.54 Å². The molecule has 1 N–H and O–H groups in total. The molecule has 4 nitrogen and oxygen atoms in total. The average Bonchev–Trinajstić information content (AvgIpc) is 2.43. The molecular formula is C18H28N2O2. The molecule has 0 aliphatic heterocycles. The summed E-state index contributed by atoms with van der Waals surface area (Å²) in [4.78, 5) is 26.0. The van der Waals surface area contributed by atoms with Crippen molar-refractivity contribution in [1.29, 1.82) is 0 Å². The quantitative estimate of drug-likeness (QED) is 0.878. The van der Waals surface area contributed by atoms with Gasteiger partial charge in [-0.1, -0.05) is 37.3 Å². The monoisotopic (exact) mass is 304 g/mol. The highest BCUT2D eigenvalue weighted by Gasteiger charge is 2.21. The molecule has 1 unspecified atom stereocenters. The van der Waals surface area contributed by atoms with Gasteiger partial charge in [-0.15, -0.1) is 0 Å². The predicted octanol–water partition coefficient (Wildman–Crippen LogP) is 2.94. The van der Waals surface area contributed by atoms with Gasteiger partial charge in [0, 0.05) is 18.5 Å². The lowest BCUT2D eigenvalue weighted by atomic mass is 9.97. The van der Waals surface area contributed by atoms with E-state index in [4.69, 9.17) is 0 Å². The molecule has 0 aliphatic carbocycles. The molecule has 4 heteroatoms. The number of benzene rings is 1. The maximum Gasteiger partial charge on any atom is 0.240 e.